The second-order valence-corrected chi connectivity index (χ2v) is 6.93. The maximum Gasteiger partial charge on any atom is 0.191 e. The van der Waals surface area contributed by atoms with Crippen molar-refractivity contribution in [3.05, 3.63) is 47.5 Å². The average Bonchev–Trinajstić information content (AvgIpc) is 3.13. The van der Waals surface area contributed by atoms with Gasteiger partial charge in [0.25, 0.3) is 0 Å². The summed E-state index contributed by atoms with van der Waals surface area (Å²) in [6, 6.07) is 7.43. The Bertz CT molecular complexity index is 794. The largest absolute Gasteiger partial charge is 0.367 e. The number of benzene rings is 1. The summed E-state index contributed by atoms with van der Waals surface area (Å²) in [6.07, 6.45) is 1.76. The van der Waals surface area contributed by atoms with Crippen LogP contribution in [0, 0.1) is 5.82 Å². The van der Waals surface area contributed by atoms with Crippen molar-refractivity contribution in [2.75, 3.05) is 44.7 Å². The fourth-order valence-electron chi connectivity index (χ4n) is 3.38. The topological polar surface area (TPSA) is 60.7 Å². The van der Waals surface area contributed by atoms with Gasteiger partial charge in [-0.25, -0.2) is 4.39 Å². The number of hydrogen-bond acceptors (Lipinski definition) is 4. The number of nitrogens with one attached hydrogen (secondary N) is 2. The summed E-state index contributed by atoms with van der Waals surface area (Å²) >= 11 is 0. The second kappa shape index (κ2) is 9.54. The van der Waals surface area contributed by atoms with Crippen molar-refractivity contribution in [1.29, 1.82) is 0 Å². The van der Waals surface area contributed by atoms with E-state index in [1.807, 2.05) is 29.9 Å². The van der Waals surface area contributed by atoms with E-state index in [0.29, 0.717) is 24.7 Å². The summed E-state index contributed by atoms with van der Waals surface area (Å²) in [6.45, 7) is 8.04. The summed E-state index contributed by atoms with van der Waals surface area (Å²) in [5.41, 5.74) is 2.64. The first kappa shape index (κ1) is 20.1. The molecular formula is C20H30FN7. The van der Waals surface area contributed by atoms with E-state index < -0.39 is 0 Å². The minimum atomic E-state index is -0.165. The minimum Gasteiger partial charge on any atom is -0.367 e. The normalized spacial score (nSPS) is 15.7. The Morgan fingerprint density at radius 3 is 2.50 bits per heavy atom. The van der Waals surface area contributed by atoms with Crippen LogP contribution < -0.4 is 15.5 Å². The van der Waals surface area contributed by atoms with Crippen LogP contribution in [0.15, 0.2) is 35.5 Å². The number of rotatable bonds is 6. The van der Waals surface area contributed by atoms with Gasteiger partial charge in [-0.05, 0) is 30.3 Å². The van der Waals surface area contributed by atoms with Gasteiger partial charge in [-0.1, -0.05) is 13.0 Å². The number of aryl methyl sites for hydroxylation is 1. The fourth-order valence-corrected chi connectivity index (χ4v) is 3.38. The van der Waals surface area contributed by atoms with Crippen LogP contribution in [0.1, 0.15) is 18.2 Å². The van der Waals surface area contributed by atoms with Crippen LogP contribution in [0.25, 0.3) is 0 Å². The predicted octanol–water partition coefficient (Wildman–Crippen LogP) is 1.57. The highest BCUT2D eigenvalue weighted by Crippen LogP contribution is 2.22. The quantitative estimate of drug-likeness (QED) is 0.582. The minimum absolute atomic E-state index is 0.165. The van der Waals surface area contributed by atoms with Crippen LogP contribution in [0.3, 0.4) is 0 Å². The zero-order valence-corrected chi connectivity index (χ0v) is 17.0. The highest BCUT2D eigenvalue weighted by Gasteiger charge is 2.18. The maximum absolute atomic E-state index is 14.7. The van der Waals surface area contributed by atoms with E-state index >= 15 is 0 Å². The highest BCUT2D eigenvalue weighted by molar-refractivity contribution is 5.79. The number of guanidine groups is 1. The summed E-state index contributed by atoms with van der Waals surface area (Å²) in [4.78, 5) is 8.74. The molecule has 1 aliphatic heterocycles. The molecule has 2 N–H and O–H groups in total. The molecule has 1 aromatic carbocycles. The molecule has 152 valence electrons. The molecule has 0 aliphatic carbocycles. The predicted molar refractivity (Wildman–Crippen MR) is 111 cm³/mol. The van der Waals surface area contributed by atoms with Crippen LogP contribution in [0.5, 0.6) is 0 Å². The first-order valence-electron chi connectivity index (χ1n) is 9.77. The zero-order valence-electron chi connectivity index (χ0n) is 17.0. The molecule has 1 aromatic heterocycles. The third kappa shape index (κ3) is 5.01. The number of anilines is 1. The third-order valence-electron chi connectivity index (χ3n) is 5.22. The van der Waals surface area contributed by atoms with Crippen LogP contribution in [0.4, 0.5) is 10.1 Å². The molecule has 2 aromatic rings. The van der Waals surface area contributed by atoms with Crippen molar-refractivity contribution >= 4 is 11.6 Å². The van der Waals surface area contributed by atoms with E-state index in [-0.39, 0.29) is 5.82 Å². The van der Waals surface area contributed by atoms with Crippen molar-refractivity contribution in [1.82, 2.24) is 25.3 Å². The number of nitrogens with zero attached hydrogens (tertiary/aromatic N) is 5. The first-order valence-corrected chi connectivity index (χ1v) is 9.77. The maximum atomic E-state index is 14.7. The highest BCUT2D eigenvalue weighted by atomic mass is 19.1. The number of likely N-dealkylation sites (N-methyl/N-ethyl adjacent to an activating group) is 1. The monoisotopic (exact) mass is 387 g/mol. The van der Waals surface area contributed by atoms with Crippen LogP contribution in [-0.2, 0) is 20.1 Å². The van der Waals surface area contributed by atoms with Gasteiger partial charge in [-0.15, -0.1) is 0 Å². The Morgan fingerprint density at radius 1 is 1.14 bits per heavy atom. The van der Waals surface area contributed by atoms with Gasteiger partial charge < -0.3 is 20.4 Å². The molecular weight excluding hydrogens is 357 g/mol. The Kier molecular flexibility index (Phi) is 6.86. The van der Waals surface area contributed by atoms with Crippen molar-refractivity contribution in [2.45, 2.75) is 20.0 Å². The number of aliphatic imine (C=N–C) groups is 1. The first-order chi connectivity index (χ1) is 13.6. The Balaban J connectivity index is 1.53. The SMILES string of the molecule is CCN1CCN(c2ccc(CNC(=NC)NCc3ccnn3C)cc2F)CC1. The molecule has 0 bridgehead atoms. The molecule has 2 heterocycles. The molecule has 7 nitrogen and oxygen atoms in total. The smallest absolute Gasteiger partial charge is 0.191 e. The van der Waals surface area contributed by atoms with E-state index in [2.05, 4.69) is 37.4 Å². The molecule has 0 unspecified atom stereocenters. The van der Waals surface area contributed by atoms with Crippen molar-refractivity contribution in [3.63, 3.8) is 0 Å². The average molecular weight is 388 g/mol. The number of halogens is 1. The number of piperazine rings is 1. The molecule has 1 fully saturated rings. The molecule has 0 spiro atoms. The van der Waals surface area contributed by atoms with Gasteiger partial charge in [0.2, 0.25) is 0 Å². The van der Waals surface area contributed by atoms with Gasteiger partial charge in [-0.3, -0.25) is 9.67 Å². The lowest BCUT2D eigenvalue weighted by Gasteiger charge is -2.35. The van der Waals surface area contributed by atoms with E-state index in [9.17, 15) is 4.39 Å². The van der Waals surface area contributed by atoms with Crippen molar-refractivity contribution < 1.29 is 4.39 Å². The molecule has 8 heteroatoms. The fraction of sp³-hybridized carbons (Fsp3) is 0.500. The summed E-state index contributed by atoms with van der Waals surface area (Å²) in [5, 5.41) is 10.6. The van der Waals surface area contributed by atoms with E-state index in [4.69, 9.17) is 0 Å². The van der Waals surface area contributed by atoms with Gasteiger partial charge in [-0.2, -0.15) is 5.10 Å². The van der Waals surface area contributed by atoms with Gasteiger partial charge in [0.1, 0.15) is 5.82 Å². The standard InChI is InChI=1S/C20H30FN7/c1-4-27-9-11-28(12-10-27)19-6-5-16(13-18(19)21)14-23-20(22-2)24-15-17-7-8-25-26(17)3/h5-8,13H,4,9-12,14-15H2,1-3H3,(H2,22,23,24). The second-order valence-electron chi connectivity index (χ2n) is 6.93. The zero-order chi connectivity index (χ0) is 19.9. The Hall–Kier alpha value is -2.61. The van der Waals surface area contributed by atoms with Crippen LogP contribution >= 0.6 is 0 Å². The van der Waals surface area contributed by atoms with Crippen molar-refractivity contribution in [2.24, 2.45) is 12.0 Å². The van der Waals surface area contributed by atoms with Crippen molar-refractivity contribution in [3.8, 4) is 0 Å². The lowest BCUT2D eigenvalue weighted by atomic mass is 10.1. The van der Waals surface area contributed by atoms with Gasteiger partial charge >= 0.3 is 0 Å². The molecule has 3 rings (SSSR count). The Morgan fingerprint density at radius 2 is 1.89 bits per heavy atom. The van der Waals surface area contributed by atoms with E-state index in [1.165, 1.54) is 0 Å². The van der Waals surface area contributed by atoms with Gasteiger partial charge in [0, 0.05) is 53.0 Å². The summed E-state index contributed by atoms with van der Waals surface area (Å²) in [7, 11) is 3.62. The molecule has 0 radical (unpaired) electrons. The number of hydrogen-bond donors (Lipinski definition) is 2. The molecule has 1 saturated heterocycles. The molecule has 28 heavy (non-hydrogen) atoms. The summed E-state index contributed by atoms with van der Waals surface area (Å²) in [5.74, 6) is 0.503. The molecule has 1 aliphatic rings. The van der Waals surface area contributed by atoms with Gasteiger partial charge in [0.05, 0.1) is 17.9 Å². The van der Waals surface area contributed by atoms with E-state index in [1.54, 1.807) is 19.3 Å². The molecule has 0 atom stereocenters. The third-order valence-corrected chi connectivity index (χ3v) is 5.22. The van der Waals surface area contributed by atoms with Crippen LogP contribution in [-0.4, -0.2) is 60.4 Å². The van der Waals surface area contributed by atoms with Crippen LogP contribution in [0.2, 0.25) is 0 Å². The number of aromatic nitrogens is 2. The Labute approximate surface area is 166 Å². The summed E-state index contributed by atoms with van der Waals surface area (Å²) < 4.78 is 16.5. The lowest BCUT2D eigenvalue weighted by Crippen LogP contribution is -2.46. The molecule has 0 amide bonds. The van der Waals surface area contributed by atoms with E-state index in [0.717, 1.165) is 44.0 Å². The lowest BCUT2D eigenvalue weighted by molar-refractivity contribution is 0.270. The van der Waals surface area contributed by atoms with Gasteiger partial charge in [0.15, 0.2) is 5.96 Å². The molecule has 0 saturated carbocycles.